The van der Waals surface area contributed by atoms with Crippen LogP contribution in [0.4, 0.5) is 0 Å². The number of amides is 1. The third kappa shape index (κ3) is 6.35. The topological polar surface area (TPSA) is 143 Å². The van der Waals surface area contributed by atoms with Gasteiger partial charge in [0.2, 0.25) is 0 Å². The van der Waals surface area contributed by atoms with Crippen LogP contribution in [0.25, 0.3) is 22.0 Å². The first-order chi connectivity index (χ1) is 21.3. The van der Waals surface area contributed by atoms with E-state index >= 15 is 0 Å². The van der Waals surface area contributed by atoms with Gasteiger partial charge in [-0.05, 0) is 48.0 Å². The molecule has 0 aliphatic carbocycles. The number of hydrazone groups is 1. The van der Waals surface area contributed by atoms with E-state index in [-0.39, 0.29) is 28.5 Å². The highest BCUT2D eigenvalue weighted by molar-refractivity contribution is 9.10. The lowest BCUT2D eigenvalue weighted by molar-refractivity contribution is -0.132. The molecule has 0 unspecified atom stereocenters. The van der Waals surface area contributed by atoms with Crippen molar-refractivity contribution in [2.75, 3.05) is 7.11 Å². The van der Waals surface area contributed by atoms with Crippen LogP contribution in [0.3, 0.4) is 0 Å². The largest absolute Gasteiger partial charge is 0.493 e. The average Bonchev–Trinajstić information content (AvgIpc) is 3.42. The van der Waals surface area contributed by atoms with E-state index in [1.807, 2.05) is 36.4 Å². The number of halogens is 1. The molecular weight excluding hydrogens is 628 g/mol. The van der Waals surface area contributed by atoms with E-state index < -0.39 is 17.8 Å². The minimum atomic E-state index is -0.697. The lowest BCUT2D eigenvalue weighted by Crippen LogP contribution is -2.19. The third-order valence-electron chi connectivity index (χ3n) is 6.44. The molecule has 44 heavy (non-hydrogen) atoms. The molecule has 10 nitrogen and oxygen atoms in total. The standard InChI is InChI=1S/C33H23BrN4O6/c1-19(39)43-27-13-11-21(16-28(27)42-2)33(41)44-26-14-12-24(34)15-23(26)18-36-38-32(40)31-29(20-7-4-3-5-8-20)25-10-6-9-22(17-35)30(25)37-31/h3-16,18,37H,1-2H3,(H,38,40). The van der Waals surface area contributed by atoms with Gasteiger partial charge in [-0.2, -0.15) is 10.4 Å². The number of nitrogens with one attached hydrogen (secondary N) is 2. The van der Waals surface area contributed by atoms with Gasteiger partial charge in [-0.3, -0.25) is 9.59 Å². The molecule has 5 aromatic rings. The predicted octanol–water partition coefficient (Wildman–Crippen LogP) is 6.39. The van der Waals surface area contributed by atoms with Crippen LogP contribution in [-0.4, -0.2) is 36.2 Å². The Hall–Kier alpha value is -5.73. The number of hydrogen-bond acceptors (Lipinski definition) is 8. The van der Waals surface area contributed by atoms with Crippen LogP contribution in [0, 0.1) is 11.3 Å². The van der Waals surface area contributed by atoms with Gasteiger partial charge >= 0.3 is 11.9 Å². The van der Waals surface area contributed by atoms with E-state index in [0.717, 1.165) is 10.9 Å². The van der Waals surface area contributed by atoms with E-state index in [2.05, 4.69) is 37.5 Å². The highest BCUT2D eigenvalue weighted by atomic mass is 79.9. The van der Waals surface area contributed by atoms with Gasteiger partial charge in [-0.25, -0.2) is 10.2 Å². The number of aromatic amines is 1. The first-order valence-electron chi connectivity index (χ1n) is 13.1. The predicted molar refractivity (Wildman–Crippen MR) is 167 cm³/mol. The number of rotatable bonds is 8. The van der Waals surface area contributed by atoms with Crippen LogP contribution in [0.15, 0.2) is 94.5 Å². The molecule has 1 aromatic heterocycles. The maximum Gasteiger partial charge on any atom is 0.343 e. The van der Waals surface area contributed by atoms with Crippen molar-refractivity contribution in [3.63, 3.8) is 0 Å². The zero-order valence-corrected chi connectivity index (χ0v) is 25.0. The summed E-state index contributed by atoms with van der Waals surface area (Å²) in [5.74, 6) is -1.24. The Kier molecular flexibility index (Phi) is 8.83. The van der Waals surface area contributed by atoms with Crippen molar-refractivity contribution in [2.24, 2.45) is 5.10 Å². The molecule has 2 N–H and O–H groups in total. The number of carbonyl (C=O) groups is 3. The van der Waals surface area contributed by atoms with E-state index in [1.165, 1.54) is 38.4 Å². The van der Waals surface area contributed by atoms with E-state index in [4.69, 9.17) is 14.2 Å². The van der Waals surface area contributed by atoms with Gasteiger partial charge in [-0.1, -0.05) is 58.4 Å². The number of benzene rings is 4. The van der Waals surface area contributed by atoms with Crippen molar-refractivity contribution in [1.29, 1.82) is 5.26 Å². The number of esters is 2. The molecule has 0 atom stereocenters. The first-order valence-corrected chi connectivity index (χ1v) is 13.9. The number of para-hydroxylation sites is 1. The number of ether oxygens (including phenoxy) is 3. The van der Waals surface area contributed by atoms with Crippen molar-refractivity contribution in [3.8, 4) is 34.4 Å². The molecule has 0 aliphatic rings. The second kappa shape index (κ2) is 13.1. The zero-order chi connectivity index (χ0) is 31.2. The Morgan fingerprint density at radius 1 is 0.932 bits per heavy atom. The zero-order valence-electron chi connectivity index (χ0n) is 23.4. The smallest absolute Gasteiger partial charge is 0.343 e. The minimum Gasteiger partial charge on any atom is -0.493 e. The Labute approximate surface area is 260 Å². The fraction of sp³-hybridized carbons (Fsp3) is 0.0606. The van der Waals surface area contributed by atoms with Crippen LogP contribution >= 0.6 is 15.9 Å². The Morgan fingerprint density at radius 3 is 2.43 bits per heavy atom. The summed E-state index contributed by atoms with van der Waals surface area (Å²) in [5.41, 5.74) is 5.68. The summed E-state index contributed by atoms with van der Waals surface area (Å²) in [7, 11) is 1.39. The summed E-state index contributed by atoms with van der Waals surface area (Å²) in [4.78, 5) is 40.8. The highest BCUT2D eigenvalue weighted by Gasteiger charge is 2.21. The van der Waals surface area contributed by atoms with Gasteiger partial charge in [0.1, 0.15) is 17.5 Å². The van der Waals surface area contributed by atoms with E-state index in [9.17, 15) is 19.6 Å². The normalized spacial score (nSPS) is 10.8. The molecule has 5 rings (SSSR count). The van der Waals surface area contributed by atoms with Crippen molar-refractivity contribution in [2.45, 2.75) is 6.92 Å². The maximum absolute atomic E-state index is 13.4. The van der Waals surface area contributed by atoms with Crippen molar-refractivity contribution < 1.29 is 28.6 Å². The molecule has 4 aromatic carbocycles. The molecule has 1 heterocycles. The fourth-order valence-electron chi connectivity index (χ4n) is 4.51. The van der Waals surface area contributed by atoms with Gasteiger partial charge in [0, 0.05) is 27.9 Å². The quantitative estimate of drug-likeness (QED) is 0.0857. The number of hydrogen-bond donors (Lipinski definition) is 2. The van der Waals surface area contributed by atoms with Crippen molar-refractivity contribution >= 4 is 50.9 Å². The van der Waals surface area contributed by atoms with Crippen LogP contribution in [0.1, 0.15) is 38.9 Å². The van der Waals surface area contributed by atoms with E-state index in [1.54, 1.807) is 30.3 Å². The van der Waals surface area contributed by atoms with Gasteiger partial charge in [0.15, 0.2) is 11.5 Å². The van der Waals surface area contributed by atoms with Gasteiger partial charge in [-0.15, -0.1) is 0 Å². The third-order valence-corrected chi connectivity index (χ3v) is 6.93. The van der Waals surface area contributed by atoms with Crippen molar-refractivity contribution in [3.05, 3.63) is 112 Å². The maximum atomic E-state index is 13.4. The number of H-pyrrole nitrogens is 1. The Balaban J connectivity index is 1.40. The van der Waals surface area contributed by atoms with Crippen LogP contribution in [-0.2, 0) is 4.79 Å². The fourth-order valence-corrected chi connectivity index (χ4v) is 4.89. The number of aromatic nitrogens is 1. The Morgan fingerprint density at radius 2 is 1.70 bits per heavy atom. The van der Waals surface area contributed by atoms with Gasteiger partial charge in [0.05, 0.1) is 30.0 Å². The SMILES string of the molecule is COc1cc(C(=O)Oc2ccc(Br)cc2C=NNC(=O)c2[nH]c3c(C#N)cccc3c2-c2ccccc2)ccc1OC(C)=O. The molecule has 0 bridgehead atoms. The molecule has 218 valence electrons. The molecule has 1 amide bonds. The molecular formula is C33H23BrN4O6. The minimum absolute atomic E-state index is 0.154. The molecule has 11 heteroatoms. The average molecular weight is 651 g/mol. The summed E-state index contributed by atoms with van der Waals surface area (Å²) in [6.45, 7) is 1.26. The lowest BCUT2D eigenvalue weighted by atomic mass is 10.0. The second-order valence-corrected chi connectivity index (χ2v) is 10.2. The number of nitriles is 1. The summed E-state index contributed by atoms with van der Waals surface area (Å²) in [5, 5.41) is 14.5. The molecule has 0 radical (unpaired) electrons. The summed E-state index contributed by atoms with van der Waals surface area (Å²) < 4.78 is 16.6. The molecule has 0 saturated carbocycles. The van der Waals surface area contributed by atoms with Gasteiger partial charge < -0.3 is 19.2 Å². The van der Waals surface area contributed by atoms with Crippen LogP contribution in [0.5, 0.6) is 17.2 Å². The second-order valence-electron chi connectivity index (χ2n) is 9.31. The number of nitrogens with zero attached hydrogens (tertiary/aromatic N) is 2. The lowest BCUT2D eigenvalue weighted by Gasteiger charge is -2.11. The Bertz CT molecular complexity index is 1980. The first kappa shape index (κ1) is 29.8. The number of carbonyl (C=O) groups excluding carboxylic acids is 3. The summed E-state index contributed by atoms with van der Waals surface area (Å²) >= 11 is 3.40. The van der Waals surface area contributed by atoms with Crippen LogP contribution in [0.2, 0.25) is 0 Å². The van der Waals surface area contributed by atoms with E-state index in [0.29, 0.717) is 26.7 Å². The summed E-state index contributed by atoms with van der Waals surface area (Å²) in [6.07, 6.45) is 1.35. The molecule has 0 aliphatic heterocycles. The van der Waals surface area contributed by atoms with Crippen molar-refractivity contribution in [1.82, 2.24) is 10.4 Å². The molecule has 0 fully saturated rings. The highest BCUT2D eigenvalue weighted by Crippen LogP contribution is 2.34. The summed E-state index contributed by atoms with van der Waals surface area (Å²) in [6, 6.07) is 26.0. The molecule has 0 spiro atoms. The van der Waals surface area contributed by atoms with Crippen LogP contribution < -0.4 is 19.6 Å². The number of methoxy groups -OCH3 is 1. The molecule has 0 saturated heterocycles. The monoisotopic (exact) mass is 650 g/mol. The van der Waals surface area contributed by atoms with Gasteiger partial charge in [0.25, 0.3) is 5.91 Å². The number of fused-ring (bicyclic) bond motifs is 1.